The molecule has 148 heavy (non-hydrogen) atoms. The Morgan fingerprint density at radius 3 is 0.946 bits per heavy atom. The first kappa shape index (κ1) is 99.2. The number of pyridine rings is 6. The molecule has 5 aliphatic rings. The Morgan fingerprint density at radius 2 is 0.588 bits per heavy atom. The van der Waals surface area contributed by atoms with E-state index in [4.69, 9.17) is 9.47 Å². The number of hydrogen-bond acceptors (Lipinski definition) is 23. The predicted octanol–water partition coefficient (Wildman–Crippen LogP) is 21.1. The Balaban J connectivity index is 0.000000121. The summed E-state index contributed by atoms with van der Waals surface area (Å²) in [4.78, 5) is 161. The number of nitrogens with zero attached hydrogens (tertiary/aromatic N) is 11. The van der Waals surface area contributed by atoms with E-state index in [9.17, 15) is 95.4 Å². The summed E-state index contributed by atoms with van der Waals surface area (Å²) in [7, 11) is 0. The number of phenolic OH excluding ortho intramolecular Hbond substituents is 5. The van der Waals surface area contributed by atoms with E-state index in [-0.39, 0.29) is 164 Å². The number of aromatic hydroxyl groups is 5. The molecule has 738 valence electrons. The minimum Gasteiger partial charge on any atom is -0.505 e. The summed E-state index contributed by atoms with van der Waals surface area (Å²) in [6.07, 6.45) is 20.4. The van der Waals surface area contributed by atoms with Gasteiger partial charge in [0, 0.05) is 64.1 Å². The third-order valence-corrected chi connectivity index (χ3v) is 25.5. The summed E-state index contributed by atoms with van der Waals surface area (Å²) in [6, 6.07) is 59.7. The topological polar surface area (TPSA) is 384 Å². The smallest absolute Gasteiger partial charge is 0.265 e. The number of carbonyl (C=O) groups excluding carboxylic acids is 10. The van der Waals surface area contributed by atoms with Gasteiger partial charge in [-0.2, -0.15) is 0 Å². The number of aryl methyl sites for hydroxylation is 1. The van der Waals surface area contributed by atoms with Gasteiger partial charge in [0.1, 0.15) is 92.5 Å². The number of imide groups is 5. The van der Waals surface area contributed by atoms with Crippen LogP contribution in [0.4, 0.5) is 22.0 Å². The molecular formula is C115H86F5N11O17. The SMILES string of the molecule is C=Cc1c2c(c(O)c3ncccc13)C(=O)N(Cc1ccc(F)cc1)C2=O.CCCCCC/C=C/c1c2c(c(O)c3ncccc13)C(=O)N(Cc1ccc(F)cc1)C2=O.CCc1c2c(c(O)c3ncccc13)C(=O)N(Cc1ccc(F)cc1)C2=O.O=C1c2c(c(O)c3ncccc3c2OCc2ccccc2)C(=O)N1Cc1ccc(F)cc1.O=C1c2c(c(O)c3ncccc3c2OCc2ccccn2)C(=O)N1Cc1ccc(F)cc1. The van der Waals surface area contributed by atoms with Crippen LogP contribution in [0.15, 0.2) is 280 Å². The molecule has 10 amide bonds. The van der Waals surface area contributed by atoms with Crippen molar-refractivity contribution in [2.24, 2.45) is 0 Å². The third-order valence-electron chi connectivity index (χ3n) is 25.5. The molecule has 0 unspecified atom stereocenters. The van der Waals surface area contributed by atoms with Gasteiger partial charge in [0.2, 0.25) is 0 Å². The second kappa shape index (κ2) is 42.7. The molecule has 0 saturated heterocycles. The van der Waals surface area contributed by atoms with Crippen molar-refractivity contribution in [1.82, 2.24) is 54.4 Å². The largest absolute Gasteiger partial charge is 0.505 e. The highest BCUT2D eigenvalue weighted by molar-refractivity contribution is 6.31. The molecule has 0 atom stereocenters. The number of halogens is 5. The van der Waals surface area contributed by atoms with E-state index in [2.05, 4.69) is 43.4 Å². The summed E-state index contributed by atoms with van der Waals surface area (Å²) in [5.41, 5.74) is 7.59. The predicted molar refractivity (Wildman–Crippen MR) is 537 cm³/mol. The summed E-state index contributed by atoms with van der Waals surface area (Å²) in [6.45, 7) is 7.86. The van der Waals surface area contributed by atoms with Gasteiger partial charge in [-0.15, -0.1) is 0 Å². The van der Waals surface area contributed by atoms with Crippen molar-refractivity contribution in [2.45, 2.75) is 98.3 Å². The number of carbonyl (C=O) groups is 10. The van der Waals surface area contributed by atoms with Gasteiger partial charge in [-0.25, -0.2) is 22.0 Å². The number of aromatic nitrogens is 6. The summed E-state index contributed by atoms with van der Waals surface area (Å²) in [5, 5.41) is 56.3. The maximum atomic E-state index is 13.3. The molecule has 5 N–H and O–H groups in total. The van der Waals surface area contributed by atoms with Crippen molar-refractivity contribution < 1.29 is 105 Å². The van der Waals surface area contributed by atoms with Gasteiger partial charge in [0.05, 0.1) is 82.9 Å². The molecule has 28 nitrogen and oxygen atoms in total. The Bertz CT molecular complexity index is 8090. The first-order valence-corrected chi connectivity index (χ1v) is 46.9. The van der Waals surface area contributed by atoms with Crippen LogP contribution in [0.1, 0.15) is 205 Å². The van der Waals surface area contributed by atoms with Crippen LogP contribution in [0.3, 0.4) is 0 Å². The van der Waals surface area contributed by atoms with E-state index >= 15 is 0 Å². The molecule has 11 aromatic carbocycles. The van der Waals surface area contributed by atoms with E-state index in [0.29, 0.717) is 94.6 Å². The van der Waals surface area contributed by atoms with Gasteiger partial charge >= 0.3 is 0 Å². The zero-order valence-electron chi connectivity index (χ0n) is 79.0. The zero-order valence-corrected chi connectivity index (χ0v) is 79.0. The van der Waals surface area contributed by atoms with Crippen LogP contribution >= 0.6 is 0 Å². The standard InChI is InChI=1S/C26H25FN2O3.C25H17FN2O4.C24H16FN3O4.C20H15FN2O3.C20H13FN2O3/c1-2-3-4-5-6-7-9-19-20-10-8-15-28-23(20)24(30)22-21(19)25(31)29(26(22)32)16-17-11-13-18(27)14-12-17;26-17-10-8-15(9-11-17)13-28-24(30)19-20(25(28)31)23(32-14-16-5-2-1-3-6-16)18-7-4-12-27-21(18)22(19)29;25-15-8-6-14(7-9-15)12-28-23(30)18-19(24(28)31)22(32-13-16-4-1-2-10-26-16)17-5-3-11-27-20(17)21(18)29;2*1-2-13-14-4-3-9-22-17(14)18(24)16-15(13)19(25)23(20(16)26)10-11-5-7-12(21)8-6-11/h7-15,30H,2-6,16H2,1H3;1-12,29H,13-14H2;1-11,29H,12-13H2;3-9,24H,2,10H2,1H3;2-9,24H,1,10H2/b9-7+;;;;. The van der Waals surface area contributed by atoms with Crippen LogP contribution in [-0.2, 0) is 52.4 Å². The Morgan fingerprint density at radius 1 is 0.291 bits per heavy atom. The maximum Gasteiger partial charge on any atom is 0.265 e. The molecule has 0 bridgehead atoms. The number of allylic oxidation sites excluding steroid dienone is 1. The quantitative estimate of drug-likeness (QED) is 0.0213. The number of amides is 10. The van der Waals surface area contributed by atoms with E-state index < -0.39 is 82.3 Å². The zero-order chi connectivity index (χ0) is 104. The average molecular weight is 1990 g/mol. The van der Waals surface area contributed by atoms with Crippen LogP contribution in [-0.4, -0.2) is 139 Å². The normalized spacial score (nSPS) is 13.2. The highest BCUT2D eigenvalue weighted by atomic mass is 19.1. The fourth-order valence-electron chi connectivity index (χ4n) is 18.3. The van der Waals surface area contributed by atoms with Crippen LogP contribution in [0.25, 0.3) is 66.7 Å². The van der Waals surface area contributed by atoms with Gasteiger partial charge in [0.25, 0.3) is 59.1 Å². The van der Waals surface area contributed by atoms with E-state index in [1.807, 2.05) is 55.5 Å². The summed E-state index contributed by atoms with van der Waals surface area (Å²) >= 11 is 0. The first-order valence-electron chi connectivity index (χ1n) is 46.9. The van der Waals surface area contributed by atoms with Gasteiger partial charge in [0.15, 0.2) is 28.7 Å². The molecule has 5 aliphatic heterocycles. The van der Waals surface area contributed by atoms with Crippen molar-refractivity contribution in [1.29, 1.82) is 0 Å². The Hall–Kier alpha value is -19.0. The first-order chi connectivity index (χ1) is 71.7. The number of rotatable bonds is 24. The lowest BCUT2D eigenvalue weighted by Gasteiger charge is -2.15. The molecule has 0 radical (unpaired) electrons. The second-order valence-electron chi connectivity index (χ2n) is 34.8. The maximum absolute atomic E-state index is 13.3. The molecule has 0 fully saturated rings. The van der Waals surface area contributed by atoms with Gasteiger partial charge < -0.3 is 35.0 Å². The lowest BCUT2D eigenvalue weighted by atomic mass is 9.95. The highest BCUT2D eigenvalue weighted by Gasteiger charge is 2.48. The molecule has 0 spiro atoms. The molecule has 22 rings (SSSR count). The molecular weight excluding hydrogens is 1900 g/mol. The average Bonchev–Trinajstić information content (AvgIpc) is 1.59. The summed E-state index contributed by atoms with van der Waals surface area (Å²) < 4.78 is 77.9. The molecule has 17 aromatic rings. The van der Waals surface area contributed by atoms with Crippen LogP contribution in [0.5, 0.6) is 40.2 Å². The number of fused-ring (bicyclic) bond motifs is 10. The lowest BCUT2D eigenvalue weighted by molar-refractivity contribution is 0.0624. The van der Waals surface area contributed by atoms with Crippen molar-refractivity contribution in [3.05, 3.63) is 421 Å². The lowest BCUT2D eigenvalue weighted by Crippen LogP contribution is -2.29. The molecule has 6 aromatic heterocycles. The van der Waals surface area contributed by atoms with E-state index in [1.165, 1.54) is 159 Å². The minimum absolute atomic E-state index is 0.000150. The minimum atomic E-state index is -0.665. The monoisotopic (exact) mass is 1990 g/mol. The fourth-order valence-corrected chi connectivity index (χ4v) is 18.3. The number of benzene rings is 11. The van der Waals surface area contributed by atoms with Crippen molar-refractivity contribution in [3.63, 3.8) is 0 Å². The number of ether oxygens (including phenoxy) is 2. The molecule has 33 heteroatoms. The van der Waals surface area contributed by atoms with Crippen molar-refractivity contribution in [3.8, 4) is 40.2 Å². The van der Waals surface area contributed by atoms with E-state index in [0.717, 1.165) is 55.7 Å². The molecule has 0 aliphatic carbocycles. The van der Waals surface area contributed by atoms with E-state index in [1.54, 1.807) is 85.2 Å². The number of unbranched alkanes of at least 4 members (excludes halogenated alkanes) is 4. The third kappa shape index (κ3) is 19.2. The number of phenols is 5. The molecule has 11 heterocycles. The van der Waals surface area contributed by atoms with Crippen molar-refractivity contribution in [2.75, 3.05) is 0 Å². The van der Waals surface area contributed by atoms with Gasteiger partial charge in [-0.1, -0.05) is 173 Å². The van der Waals surface area contributed by atoms with Gasteiger partial charge in [-0.3, -0.25) is 102 Å². The van der Waals surface area contributed by atoms with Crippen molar-refractivity contribution >= 4 is 126 Å². The van der Waals surface area contributed by atoms with Crippen LogP contribution in [0, 0.1) is 29.1 Å². The second-order valence-corrected chi connectivity index (χ2v) is 34.8. The highest BCUT2D eigenvalue weighted by Crippen LogP contribution is 2.49. The van der Waals surface area contributed by atoms with Crippen LogP contribution in [0.2, 0.25) is 0 Å². The Labute approximate surface area is 839 Å². The fraction of sp³-hybridized carbons (Fsp3) is 0.130. The number of hydrogen-bond donors (Lipinski definition) is 5. The Kier molecular flexibility index (Phi) is 28.6. The molecule has 0 saturated carbocycles. The van der Waals surface area contributed by atoms with Crippen LogP contribution < -0.4 is 9.47 Å². The van der Waals surface area contributed by atoms with Gasteiger partial charge in [-0.05, 0) is 185 Å². The summed E-state index contributed by atoms with van der Waals surface area (Å²) in [5.74, 6) is -8.96.